The third kappa shape index (κ3) is 2.69. The summed E-state index contributed by atoms with van der Waals surface area (Å²) in [6, 6.07) is 0.932. The lowest BCUT2D eigenvalue weighted by Gasteiger charge is -2.20. The third-order valence-electron chi connectivity index (χ3n) is 2.76. The number of carbonyl (C=O) groups excluding carboxylic acids is 1. The Morgan fingerprint density at radius 2 is 2.08 bits per heavy atom. The highest BCUT2D eigenvalue weighted by atomic mass is 16.1. The molecular formula is C10H20N2O. The first-order valence-corrected chi connectivity index (χ1v) is 5.02. The molecule has 1 aliphatic heterocycles. The van der Waals surface area contributed by atoms with Crippen LogP contribution in [-0.2, 0) is 4.79 Å². The van der Waals surface area contributed by atoms with Gasteiger partial charge < -0.3 is 5.32 Å². The van der Waals surface area contributed by atoms with Gasteiger partial charge in [0.05, 0.1) is 0 Å². The van der Waals surface area contributed by atoms with Gasteiger partial charge in [0.15, 0.2) is 0 Å². The van der Waals surface area contributed by atoms with E-state index >= 15 is 0 Å². The van der Waals surface area contributed by atoms with E-state index in [-0.39, 0.29) is 5.91 Å². The van der Waals surface area contributed by atoms with Crippen LogP contribution in [0.5, 0.6) is 0 Å². The molecule has 13 heavy (non-hydrogen) atoms. The van der Waals surface area contributed by atoms with Gasteiger partial charge in [0.2, 0.25) is 5.91 Å². The Hall–Kier alpha value is -0.570. The van der Waals surface area contributed by atoms with E-state index in [1.54, 1.807) is 6.92 Å². The Kier molecular flexibility index (Phi) is 3.31. The number of likely N-dealkylation sites (tertiary alicyclic amines) is 1. The van der Waals surface area contributed by atoms with Crippen LogP contribution in [0.4, 0.5) is 0 Å². The lowest BCUT2D eigenvalue weighted by molar-refractivity contribution is -0.119. The van der Waals surface area contributed by atoms with Gasteiger partial charge in [-0.1, -0.05) is 6.92 Å². The Morgan fingerprint density at radius 3 is 2.46 bits per heavy atom. The molecule has 0 aliphatic carbocycles. The fourth-order valence-electron chi connectivity index (χ4n) is 1.87. The van der Waals surface area contributed by atoms with Crippen molar-refractivity contribution in [1.82, 2.24) is 10.2 Å². The molecule has 76 valence electrons. The molecule has 0 radical (unpaired) electrons. The maximum absolute atomic E-state index is 10.9. The minimum absolute atomic E-state index is 0.0856. The number of nitrogens with zero attached hydrogens (tertiary/aromatic N) is 1. The average Bonchev–Trinajstić information content (AvgIpc) is 2.31. The van der Waals surface area contributed by atoms with Gasteiger partial charge in [-0.05, 0) is 19.8 Å². The van der Waals surface area contributed by atoms with Crippen molar-refractivity contribution in [3.63, 3.8) is 0 Å². The molecule has 3 nitrogen and oxygen atoms in total. The summed E-state index contributed by atoms with van der Waals surface area (Å²) < 4.78 is 0. The fourth-order valence-corrected chi connectivity index (χ4v) is 1.87. The van der Waals surface area contributed by atoms with Crippen LogP contribution in [0.1, 0.15) is 27.7 Å². The van der Waals surface area contributed by atoms with Crippen LogP contribution >= 0.6 is 0 Å². The second-order valence-corrected chi connectivity index (χ2v) is 4.33. The van der Waals surface area contributed by atoms with Gasteiger partial charge in [0.1, 0.15) is 0 Å². The maximum Gasteiger partial charge on any atom is 0.217 e. The minimum Gasteiger partial charge on any atom is -0.352 e. The molecule has 0 aromatic carbocycles. The third-order valence-corrected chi connectivity index (χ3v) is 2.76. The van der Waals surface area contributed by atoms with E-state index in [1.807, 2.05) is 0 Å². The van der Waals surface area contributed by atoms with E-state index < -0.39 is 0 Å². The molecule has 1 saturated heterocycles. The minimum atomic E-state index is 0.0856. The summed E-state index contributed by atoms with van der Waals surface area (Å²) in [6.07, 6.45) is 0. The Morgan fingerprint density at radius 1 is 1.46 bits per heavy atom. The van der Waals surface area contributed by atoms with E-state index in [9.17, 15) is 4.79 Å². The summed E-state index contributed by atoms with van der Waals surface area (Å²) in [7, 11) is 0. The van der Waals surface area contributed by atoms with E-state index in [0.29, 0.717) is 18.0 Å². The smallest absolute Gasteiger partial charge is 0.217 e. The monoisotopic (exact) mass is 184 g/mol. The standard InChI is InChI=1S/C10H20N2O/c1-7(2)12-5-8(3)10(6-12)11-9(4)13/h7-8,10H,5-6H2,1-4H3,(H,11,13). The molecule has 2 atom stereocenters. The predicted octanol–water partition coefficient (Wildman–Crippen LogP) is 0.851. The summed E-state index contributed by atoms with van der Waals surface area (Å²) >= 11 is 0. The van der Waals surface area contributed by atoms with Crippen molar-refractivity contribution in [3.05, 3.63) is 0 Å². The van der Waals surface area contributed by atoms with Gasteiger partial charge in [-0.25, -0.2) is 0 Å². The van der Waals surface area contributed by atoms with E-state index in [4.69, 9.17) is 0 Å². The van der Waals surface area contributed by atoms with Crippen LogP contribution in [0.25, 0.3) is 0 Å². The van der Waals surface area contributed by atoms with Crippen LogP contribution < -0.4 is 5.32 Å². The second kappa shape index (κ2) is 4.09. The fraction of sp³-hybridized carbons (Fsp3) is 0.900. The Labute approximate surface area is 80.5 Å². The summed E-state index contributed by atoms with van der Waals surface area (Å²) in [5.41, 5.74) is 0. The maximum atomic E-state index is 10.9. The van der Waals surface area contributed by atoms with Crippen molar-refractivity contribution >= 4 is 5.91 Å². The molecular weight excluding hydrogens is 164 g/mol. The lowest BCUT2D eigenvalue weighted by Crippen LogP contribution is -2.39. The molecule has 1 amide bonds. The first-order chi connectivity index (χ1) is 6.00. The van der Waals surface area contributed by atoms with Gasteiger partial charge in [-0.3, -0.25) is 9.69 Å². The average molecular weight is 184 g/mol. The van der Waals surface area contributed by atoms with Crippen LogP contribution in [-0.4, -0.2) is 36.0 Å². The molecule has 1 aliphatic rings. The zero-order valence-corrected chi connectivity index (χ0v) is 9.00. The quantitative estimate of drug-likeness (QED) is 0.690. The number of hydrogen-bond donors (Lipinski definition) is 1. The van der Waals surface area contributed by atoms with Gasteiger partial charge in [0.25, 0.3) is 0 Å². The van der Waals surface area contributed by atoms with Gasteiger partial charge in [-0.15, -0.1) is 0 Å². The van der Waals surface area contributed by atoms with Crippen molar-refractivity contribution in [3.8, 4) is 0 Å². The first-order valence-electron chi connectivity index (χ1n) is 5.02. The van der Waals surface area contributed by atoms with Crippen LogP contribution in [0.2, 0.25) is 0 Å². The van der Waals surface area contributed by atoms with E-state index in [2.05, 4.69) is 31.0 Å². The van der Waals surface area contributed by atoms with E-state index in [1.165, 1.54) is 0 Å². The molecule has 0 aromatic rings. The molecule has 0 aromatic heterocycles. The molecule has 1 fully saturated rings. The first kappa shape index (κ1) is 10.5. The van der Waals surface area contributed by atoms with E-state index in [0.717, 1.165) is 13.1 Å². The largest absolute Gasteiger partial charge is 0.352 e. The molecule has 0 bridgehead atoms. The number of nitrogens with one attached hydrogen (secondary N) is 1. The van der Waals surface area contributed by atoms with Gasteiger partial charge in [-0.2, -0.15) is 0 Å². The van der Waals surface area contributed by atoms with Crippen LogP contribution in [0.15, 0.2) is 0 Å². The highest BCUT2D eigenvalue weighted by Gasteiger charge is 2.30. The van der Waals surface area contributed by atoms with Crippen molar-refractivity contribution in [2.45, 2.75) is 39.8 Å². The lowest BCUT2D eigenvalue weighted by atomic mass is 10.1. The van der Waals surface area contributed by atoms with Crippen LogP contribution in [0.3, 0.4) is 0 Å². The highest BCUT2D eigenvalue weighted by molar-refractivity contribution is 5.73. The summed E-state index contributed by atoms with van der Waals surface area (Å²) in [4.78, 5) is 13.3. The molecule has 0 saturated carbocycles. The van der Waals surface area contributed by atoms with Crippen molar-refractivity contribution in [2.75, 3.05) is 13.1 Å². The Bertz CT molecular complexity index is 191. The number of amides is 1. The molecule has 1 heterocycles. The number of hydrogen-bond acceptors (Lipinski definition) is 2. The Balaban J connectivity index is 2.46. The normalized spacial score (nSPS) is 29.6. The summed E-state index contributed by atoms with van der Waals surface area (Å²) in [5.74, 6) is 0.661. The van der Waals surface area contributed by atoms with Crippen LogP contribution in [0, 0.1) is 5.92 Å². The zero-order chi connectivity index (χ0) is 10.0. The molecule has 1 rings (SSSR count). The second-order valence-electron chi connectivity index (χ2n) is 4.33. The topological polar surface area (TPSA) is 32.3 Å². The van der Waals surface area contributed by atoms with Gasteiger partial charge >= 0.3 is 0 Å². The number of rotatable bonds is 2. The van der Waals surface area contributed by atoms with Crippen molar-refractivity contribution in [2.24, 2.45) is 5.92 Å². The summed E-state index contributed by atoms with van der Waals surface area (Å²) in [5, 5.41) is 3.00. The molecule has 0 spiro atoms. The van der Waals surface area contributed by atoms with Crippen molar-refractivity contribution in [1.29, 1.82) is 0 Å². The molecule has 3 heteroatoms. The van der Waals surface area contributed by atoms with Gasteiger partial charge in [0, 0.05) is 32.1 Å². The number of carbonyl (C=O) groups is 1. The molecule has 1 N–H and O–H groups in total. The predicted molar refractivity (Wildman–Crippen MR) is 53.5 cm³/mol. The van der Waals surface area contributed by atoms with Crippen molar-refractivity contribution < 1.29 is 4.79 Å². The molecule has 2 unspecified atom stereocenters. The summed E-state index contributed by atoms with van der Waals surface area (Å²) in [6.45, 7) is 10.3. The SMILES string of the molecule is CC(=O)NC1CN(C(C)C)CC1C. The highest BCUT2D eigenvalue weighted by Crippen LogP contribution is 2.18. The zero-order valence-electron chi connectivity index (χ0n) is 9.00.